The number of hydrogen-bond acceptors (Lipinski definition) is 6. The number of anilines is 1. The maximum Gasteiger partial charge on any atom is 0.234 e. The van der Waals surface area contributed by atoms with Crippen molar-refractivity contribution in [1.29, 1.82) is 0 Å². The molecule has 1 aliphatic heterocycles. The van der Waals surface area contributed by atoms with Crippen LogP contribution in [-0.2, 0) is 20.8 Å². The second kappa shape index (κ2) is 10.1. The summed E-state index contributed by atoms with van der Waals surface area (Å²) in [6.07, 6.45) is 1.44. The van der Waals surface area contributed by atoms with Crippen LogP contribution < -0.4 is 11.1 Å². The lowest BCUT2D eigenvalue weighted by Crippen LogP contribution is -2.42. The Morgan fingerprint density at radius 2 is 1.93 bits per heavy atom. The highest BCUT2D eigenvalue weighted by Crippen LogP contribution is 2.24. The van der Waals surface area contributed by atoms with Gasteiger partial charge < -0.3 is 16.0 Å². The molecule has 2 aromatic rings. The Morgan fingerprint density at radius 1 is 1.24 bits per heavy atom. The molecule has 0 bridgehead atoms. The fraction of sp³-hybridized carbons (Fsp3) is 0.368. The number of nitrogens with zero attached hydrogens (tertiary/aromatic N) is 2. The third-order valence-electron chi connectivity index (χ3n) is 4.57. The number of carbonyl (C=O) groups excluding carboxylic acids is 3. The number of likely N-dealkylation sites (tertiary alicyclic amines) is 1. The average molecular weight is 453 g/mol. The third-order valence-corrected chi connectivity index (χ3v) is 6.89. The molecule has 154 valence electrons. The van der Waals surface area contributed by atoms with E-state index in [-0.39, 0.29) is 35.8 Å². The van der Waals surface area contributed by atoms with Gasteiger partial charge >= 0.3 is 0 Å². The van der Waals surface area contributed by atoms with Gasteiger partial charge in [0.25, 0.3) is 0 Å². The van der Waals surface area contributed by atoms with E-state index < -0.39 is 0 Å². The molecule has 0 radical (unpaired) electrons. The largest absolute Gasteiger partial charge is 0.369 e. The molecule has 3 rings (SSSR count). The molecule has 10 heteroatoms. The molecule has 3 amide bonds. The highest BCUT2D eigenvalue weighted by molar-refractivity contribution is 8.01. The molecule has 1 aliphatic rings. The first kappa shape index (κ1) is 21.6. The van der Waals surface area contributed by atoms with E-state index in [4.69, 9.17) is 17.3 Å². The standard InChI is InChI=1S/C19H21ClN4O3S2/c20-13-1-3-14(4-2-13)22-16(25)11-29-19-23-15(10-28-19)9-17(26)24-7-5-12(6-8-24)18(21)27/h1-4,10,12H,5-9,11H2,(H2,21,27)(H,22,25). The molecule has 0 atom stereocenters. The van der Waals surface area contributed by atoms with Gasteiger partial charge in [0, 0.05) is 35.1 Å². The average Bonchev–Trinajstić information content (AvgIpc) is 3.15. The Balaban J connectivity index is 1.43. The summed E-state index contributed by atoms with van der Waals surface area (Å²) in [5, 5.41) is 5.25. The Kier molecular flexibility index (Phi) is 7.51. The van der Waals surface area contributed by atoms with Crippen molar-refractivity contribution in [3.63, 3.8) is 0 Å². The van der Waals surface area contributed by atoms with Crippen LogP contribution in [0.2, 0.25) is 5.02 Å². The van der Waals surface area contributed by atoms with Gasteiger partial charge in [-0.2, -0.15) is 0 Å². The zero-order valence-corrected chi connectivity index (χ0v) is 18.0. The van der Waals surface area contributed by atoms with E-state index in [0.717, 1.165) is 4.34 Å². The minimum absolute atomic E-state index is 0.00440. The minimum atomic E-state index is -0.293. The molecule has 0 spiro atoms. The van der Waals surface area contributed by atoms with Gasteiger partial charge in [0.2, 0.25) is 17.7 Å². The van der Waals surface area contributed by atoms with Crippen LogP contribution in [0.15, 0.2) is 34.0 Å². The number of piperidine rings is 1. The summed E-state index contributed by atoms with van der Waals surface area (Å²) in [6.45, 7) is 1.09. The number of hydrogen-bond donors (Lipinski definition) is 2. The van der Waals surface area contributed by atoms with E-state index in [9.17, 15) is 14.4 Å². The lowest BCUT2D eigenvalue weighted by molar-refractivity contribution is -0.134. The highest BCUT2D eigenvalue weighted by Gasteiger charge is 2.26. The maximum atomic E-state index is 12.4. The summed E-state index contributed by atoms with van der Waals surface area (Å²) < 4.78 is 0.742. The third kappa shape index (κ3) is 6.45. The van der Waals surface area contributed by atoms with Crippen molar-refractivity contribution < 1.29 is 14.4 Å². The van der Waals surface area contributed by atoms with Crippen molar-refractivity contribution in [2.24, 2.45) is 11.7 Å². The van der Waals surface area contributed by atoms with Gasteiger partial charge in [0.05, 0.1) is 17.9 Å². The number of thioether (sulfide) groups is 1. The van der Waals surface area contributed by atoms with E-state index in [1.807, 2.05) is 5.38 Å². The molecule has 1 saturated heterocycles. The first-order chi connectivity index (χ1) is 13.9. The second-order valence-electron chi connectivity index (χ2n) is 6.68. The molecule has 0 saturated carbocycles. The summed E-state index contributed by atoms with van der Waals surface area (Å²) in [5.74, 6) is -0.346. The van der Waals surface area contributed by atoms with Crippen molar-refractivity contribution in [3.05, 3.63) is 40.4 Å². The van der Waals surface area contributed by atoms with Crippen molar-refractivity contribution in [2.75, 3.05) is 24.2 Å². The van der Waals surface area contributed by atoms with Crippen LogP contribution in [0.3, 0.4) is 0 Å². The number of amides is 3. The molecule has 0 unspecified atom stereocenters. The normalized spacial score (nSPS) is 14.6. The van der Waals surface area contributed by atoms with Crippen LogP contribution >= 0.6 is 34.7 Å². The van der Waals surface area contributed by atoms with Gasteiger partial charge in [-0.05, 0) is 37.1 Å². The molecule has 29 heavy (non-hydrogen) atoms. The van der Waals surface area contributed by atoms with Gasteiger partial charge in [0.15, 0.2) is 4.34 Å². The smallest absolute Gasteiger partial charge is 0.234 e. The zero-order chi connectivity index (χ0) is 20.8. The van der Waals surface area contributed by atoms with Crippen LogP contribution in [-0.4, -0.2) is 46.4 Å². The lowest BCUT2D eigenvalue weighted by atomic mass is 9.96. The zero-order valence-electron chi connectivity index (χ0n) is 15.6. The monoisotopic (exact) mass is 452 g/mol. The minimum Gasteiger partial charge on any atom is -0.369 e. The molecule has 1 aromatic carbocycles. The fourth-order valence-electron chi connectivity index (χ4n) is 2.97. The van der Waals surface area contributed by atoms with E-state index in [0.29, 0.717) is 42.3 Å². The number of primary amides is 1. The summed E-state index contributed by atoms with van der Waals surface area (Å²) in [4.78, 5) is 41.9. The van der Waals surface area contributed by atoms with Crippen LogP contribution in [0.5, 0.6) is 0 Å². The van der Waals surface area contributed by atoms with Crippen LogP contribution in [0, 0.1) is 5.92 Å². The van der Waals surface area contributed by atoms with Crippen LogP contribution in [0.1, 0.15) is 18.5 Å². The summed E-state index contributed by atoms with van der Waals surface area (Å²) in [5.41, 5.74) is 6.70. The molecular formula is C19H21ClN4O3S2. The molecule has 3 N–H and O–H groups in total. The molecule has 0 aliphatic carbocycles. The van der Waals surface area contributed by atoms with Crippen molar-refractivity contribution in [1.82, 2.24) is 9.88 Å². The maximum absolute atomic E-state index is 12.4. The van der Waals surface area contributed by atoms with Gasteiger partial charge in [-0.1, -0.05) is 23.4 Å². The summed E-state index contributed by atoms with van der Waals surface area (Å²) in [7, 11) is 0. The quantitative estimate of drug-likeness (QED) is 0.628. The van der Waals surface area contributed by atoms with E-state index in [1.54, 1.807) is 29.2 Å². The Hall–Kier alpha value is -2.10. The van der Waals surface area contributed by atoms with Crippen molar-refractivity contribution in [2.45, 2.75) is 23.6 Å². The van der Waals surface area contributed by atoms with Crippen LogP contribution in [0.25, 0.3) is 0 Å². The van der Waals surface area contributed by atoms with Gasteiger partial charge in [0.1, 0.15) is 0 Å². The Morgan fingerprint density at radius 3 is 2.59 bits per heavy atom. The number of nitrogens with one attached hydrogen (secondary N) is 1. The van der Waals surface area contributed by atoms with E-state index in [2.05, 4.69) is 10.3 Å². The summed E-state index contributed by atoms with van der Waals surface area (Å²) >= 11 is 8.57. The number of halogens is 1. The first-order valence-electron chi connectivity index (χ1n) is 9.10. The second-order valence-corrected chi connectivity index (χ2v) is 9.20. The number of rotatable bonds is 7. The van der Waals surface area contributed by atoms with Crippen molar-refractivity contribution >= 4 is 58.1 Å². The number of aromatic nitrogens is 1. The lowest BCUT2D eigenvalue weighted by Gasteiger charge is -2.30. The predicted octanol–water partition coefficient (Wildman–Crippen LogP) is 2.79. The van der Waals surface area contributed by atoms with Gasteiger partial charge in [-0.3, -0.25) is 14.4 Å². The number of nitrogens with two attached hydrogens (primary N) is 1. The fourth-order valence-corrected chi connectivity index (χ4v) is 4.74. The predicted molar refractivity (Wildman–Crippen MR) is 115 cm³/mol. The van der Waals surface area contributed by atoms with E-state index in [1.165, 1.54) is 23.1 Å². The van der Waals surface area contributed by atoms with E-state index >= 15 is 0 Å². The number of benzene rings is 1. The Labute approximate surface area is 182 Å². The molecule has 2 heterocycles. The highest BCUT2D eigenvalue weighted by atomic mass is 35.5. The number of carbonyl (C=O) groups is 3. The molecule has 1 fully saturated rings. The van der Waals surface area contributed by atoms with Crippen LogP contribution in [0.4, 0.5) is 5.69 Å². The van der Waals surface area contributed by atoms with Crippen molar-refractivity contribution in [3.8, 4) is 0 Å². The molecule has 7 nitrogen and oxygen atoms in total. The first-order valence-corrected chi connectivity index (χ1v) is 11.3. The SMILES string of the molecule is NC(=O)C1CCN(C(=O)Cc2csc(SCC(=O)Nc3ccc(Cl)cc3)n2)CC1. The number of thiazole rings is 1. The topological polar surface area (TPSA) is 105 Å². The summed E-state index contributed by atoms with van der Waals surface area (Å²) in [6, 6.07) is 6.91. The molecule has 1 aromatic heterocycles. The Bertz CT molecular complexity index is 880. The van der Waals surface area contributed by atoms with Gasteiger partial charge in [-0.15, -0.1) is 11.3 Å². The molecular weight excluding hydrogens is 432 g/mol. The van der Waals surface area contributed by atoms with Gasteiger partial charge in [-0.25, -0.2) is 4.98 Å².